The molecule has 1 N–H and O–H groups in total. The van der Waals surface area contributed by atoms with Gasteiger partial charge in [0.05, 0.1) is 17.1 Å². The quantitative estimate of drug-likeness (QED) is 0.568. The summed E-state index contributed by atoms with van der Waals surface area (Å²) in [5.41, 5.74) is 2.67. The Labute approximate surface area is 113 Å². The second-order valence-corrected chi connectivity index (χ2v) is 4.76. The molecule has 0 atom stereocenters. The Bertz CT molecular complexity index is 755. The number of aromatic nitrogens is 5. The number of hydrogen-bond donors (Lipinski definition) is 1. The maximum atomic E-state index is 9.97. The number of thioether (sulfide) groups is 1. The zero-order valence-corrected chi connectivity index (χ0v) is 11.2. The lowest BCUT2D eigenvalue weighted by molar-refractivity contribution is 0.435. The molecule has 3 heterocycles. The van der Waals surface area contributed by atoms with Crippen LogP contribution in [0.1, 0.15) is 5.69 Å². The van der Waals surface area contributed by atoms with E-state index in [-0.39, 0.29) is 5.88 Å². The van der Waals surface area contributed by atoms with Gasteiger partial charge in [-0.2, -0.15) is 9.61 Å². The van der Waals surface area contributed by atoms with Gasteiger partial charge in [0.2, 0.25) is 5.88 Å². The van der Waals surface area contributed by atoms with E-state index in [4.69, 9.17) is 0 Å². The molecule has 3 rings (SSSR count). The van der Waals surface area contributed by atoms with Crippen LogP contribution in [0.5, 0.6) is 5.88 Å². The molecule has 19 heavy (non-hydrogen) atoms. The van der Waals surface area contributed by atoms with Crippen LogP contribution >= 0.6 is 11.8 Å². The Morgan fingerprint density at radius 3 is 2.84 bits per heavy atom. The summed E-state index contributed by atoms with van der Waals surface area (Å²) in [6, 6.07) is 5.12. The molecule has 0 aliphatic rings. The average Bonchev–Trinajstić information content (AvgIpc) is 2.80. The van der Waals surface area contributed by atoms with Crippen molar-refractivity contribution in [3.8, 4) is 17.3 Å². The molecule has 0 aromatic carbocycles. The molecule has 96 valence electrons. The summed E-state index contributed by atoms with van der Waals surface area (Å²) >= 11 is 1.46. The summed E-state index contributed by atoms with van der Waals surface area (Å²) in [4.78, 5) is 12.9. The molecule has 0 unspecified atom stereocenters. The van der Waals surface area contributed by atoms with Gasteiger partial charge in [-0.05, 0) is 19.2 Å². The second kappa shape index (κ2) is 4.51. The molecule has 0 aliphatic heterocycles. The molecule has 0 saturated heterocycles. The molecule has 3 aromatic heterocycles. The highest BCUT2D eigenvalue weighted by molar-refractivity contribution is 7.98. The fraction of sp³-hybridized carbons (Fsp3) is 0.167. The lowest BCUT2D eigenvalue weighted by Gasteiger charge is -2.03. The zero-order chi connectivity index (χ0) is 13.4. The van der Waals surface area contributed by atoms with Crippen LogP contribution < -0.4 is 0 Å². The summed E-state index contributed by atoms with van der Waals surface area (Å²) in [6.07, 6.45) is 3.59. The SMILES string of the molecule is CSc1nccc(-c2cc(O)n3nc(C)cc3n2)n1. The summed E-state index contributed by atoms with van der Waals surface area (Å²) in [5, 5.41) is 14.8. The van der Waals surface area contributed by atoms with E-state index in [0.29, 0.717) is 22.2 Å². The van der Waals surface area contributed by atoms with Crippen molar-refractivity contribution < 1.29 is 5.11 Å². The van der Waals surface area contributed by atoms with E-state index in [1.807, 2.05) is 13.2 Å². The van der Waals surface area contributed by atoms with Crippen molar-refractivity contribution in [2.75, 3.05) is 6.26 Å². The van der Waals surface area contributed by atoms with Crippen LogP contribution in [0.2, 0.25) is 0 Å². The van der Waals surface area contributed by atoms with Gasteiger partial charge in [-0.25, -0.2) is 15.0 Å². The van der Waals surface area contributed by atoms with Crippen LogP contribution in [0.3, 0.4) is 0 Å². The minimum Gasteiger partial charge on any atom is -0.493 e. The van der Waals surface area contributed by atoms with E-state index in [1.165, 1.54) is 16.3 Å². The van der Waals surface area contributed by atoms with Crippen LogP contribution in [0, 0.1) is 6.92 Å². The Hall–Kier alpha value is -2.15. The second-order valence-electron chi connectivity index (χ2n) is 3.98. The first-order valence-electron chi connectivity index (χ1n) is 5.61. The third-order valence-corrected chi connectivity index (χ3v) is 3.17. The topological polar surface area (TPSA) is 76.2 Å². The van der Waals surface area contributed by atoms with Crippen LogP contribution in [-0.4, -0.2) is 35.9 Å². The molecule has 0 aliphatic carbocycles. The molecule has 0 amide bonds. The normalized spacial score (nSPS) is 11.1. The molecule has 0 spiro atoms. The van der Waals surface area contributed by atoms with E-state index in [1.54, 1.807) is 24.4 Å². The minimum absolute atomic E-state index is 0.0393. The van der Waals surface area contributed by atoms with Crippen molar-refractivity contribution in [2.45, 2.75) is 12.1 Å². The highest BCUT2D eigenvalue weighted by Gasteiger charge is 2.10. The van der Waals surface area contributed by atoms with E-state index < -0.39 is 0 Å². The van der Waals surface area contributed by atoms with Crippen molar-refractivity contribution in [2.24, 2.45) is 0 Å². The average molecular weight is 273 g/mol. The van der Waals surface area contributed by atoms with E-state index in [9.17, 15) is 5.11 Å². The number of aromatic hydroxyl groups is 1. The molecular weight excluding hydrogens is 262 g/mol. The predicted octanol–water partition coefficient (Wildman–Crippen LogP) is 1.92. The molecule has 0 fully saturated rings. The summed E-state index contributed by atoms with van der Waals surface area (Å²) in [7, 11) is 0. The first kappa shape index (κ1) is 11.9. The first-order chi connectivity index (χ1) is 9.17. The van der Waals surface area contributed by atoms with Gasteiger partial charge in [0.25, 0.3) is 0 Å². The van der Waals surface area contributed by atoms with Gasteiger partial charge in [-0.15, -0.1) is 0 Å². The standard InChI is InChI=1S/C12H11N5OS/c1-7-5-10-14-9(6-11(18)17(10)16-7)8-3-4-13-12(15-8)19-2/h3-6,18H,1-2H3. The Morgan fingerprint density at radius 1 is 1.21 bits per heavy atom. The highest BCUT2D eigenvalue weighted by atomic mass is 32.2. The van der Waals surface area contributed by atoms with Gasteiger partial charge in [0.1, 0.15) is 0 Å². The molecule has 7 heteroatoms. The third-order valence-electron chi connectivity index (χ3n) is 2.61. The van der Waals surface area contributed by atoms with E-state index >= 15 is 0 Å². The Kier molecular flexibility index (Phi) is 2.83. The molecule has 6 nitrogen and oxygen atoms in total. The van der Waals surface area contributed by atoms with Crippen LogP contribution in [0.4, 0.5) is 0 Å². The van der Waals surface area contributed by atoms with Gasteiger partial charge in [-0.1, -0.05) is 11.8 Å². The maximum absolute atomic E-state index is 9.97. The van der Waals surface area contributed by atoms with Crippen molar-refractivity contribution in [1.29, 1.82) is 0 Å². The third kappa shape index (κ3) is 2.12. The van der Waals surface area contributed by atoms with Crippen molar-refractivity contribution >= 4 is 17.4 Å². The number of hydrogen-bond acceptors (Lipinski definition) is 6. The largest absolute Gasteiger partial charge is 0.493 e. The number of rotatable bonds is 2. The van der Waals surface area contributed by atoms with Crippen molar-refractivity contribution in [1.82, 2.24) is 24.6 Å². The smallest absolute Gasteiger partial charge is 0.216 e. The lowest BCUT2D eigenvalue weighted by Crippen LogP contribution is -1.96. The van der Waals surface area contributed by atoms with Crippen LogP contribution in [-0.2, 0) is 0 Å². The van der Waals surface area contributed by atoms with Gasteiger partial charge in [0, 0.05) is 18.3 Å². The van der Waals surface area contributed by atoms with Gasteiger partial charge >= 0.3 is 0 Å². The fourth-order valence-corrected chi connectivity index (χ4v) is 2.14. The summed E-state index contributed by atoms with van der Waals surface area (Å²) < 4.78 is 1.40. The van der Waals surface area contributed by atoms with Gasteiger partial charge in [-0.3, -0.25) is 0 Å². The Balaban J connectivity index is 2.18. The molecule has 0 radical (unpaired) electrons. The van der Waals surface area contributed by atoms with Gasteiger partial charge < -0.3 is 5.11 Å². The van der Waals surface area contributed by atoms with Crippen LogP contribution in [0.15, 0.2) is 29.6 Å². The summed E-state index contributed by atoms with van der Waals surface area (Å²) in [6.45, 7) is 1.85. The minimum atomic E-state index is 0.0393. The van der Waals surface area contributed by atoms with E-state index in [2.05, 4.69) is 20.1 Å². The maximum Gasteiger partial charge on any atom is 0.216 e. The molecule has 0 bridgehead atoms. The number of aryl methyl sites for hydroxylation is 1. The first-order valence-corrected chi connectivity index (χ1v) is 6.83. The predicted molar refractivity (Wildman–Crippen MR) is 72.2 cm³/mol. The van der Waals surface area contributed by atoms with Gasteiger partial charge in [0.15, 0.2) is 10.8 Å². The number of fused-ring (bicyclic) bond motifs is 1. The van der Waals surface area contributed by atoms with Crippen LogP contribution in [0.25, 0.3) is 17.0 Å². The fourth-order valence-electron chi connectivity index (χ4n) is 1.79. The zero-order valence-electron chi connectivity index (χ0n) is 10.4. The van der Waals surface area contributed by atoms with Crippen molar-refractivity contribution in [3.63, 3.8) is 0 Å². The highest BCUT2D eigenvalue weighted by Crippen LogP contribution is 2.22. The molecule has 0 saturated carbocycles. The molecule has 3 aromatic rings. The Morgan fingerprint density at radius 2 is 2.05 bits per heavy atom. The molecular formula is C12H11N5OS. The van der Waals surface area contributed by atoms with E-state index in [0.717, 1.165) is 5.69 Å². The number of nitrogens with zero attached hydrogens (tertiary/aromatic N) is 5. The van der Waals surface area contributed by atoms with Crippen molar-refractivity contribution in [3.05, 3.63) is 30.1 Å². The monoisotopic (exact) mass is 273 g/mol. The lowest BCUT2D eigenvalue weighted by atomic mass is 10.3. The summed E-state index contributed by atoms with van der Waals surface area (Å²) in [5.74, 6) is 0.0393.